The normalized spacial score (nSPS) is 25.4. The second-order valence-corrected chi connectivity index (χ2v) is 4.61. The molecule has 1 aromatic carbocycles. The van der Waals surface area contributed by atoms with Crippen molar-refractivity contribution in [3.63, 3.8) is 0 Å². The number of halogens is 2. The van der Waals surface area contributed by atoms with Gasteiger partial charge in [0.15, 0.2) is 0 Å². The molecule has 0 aromatic heterocycles. The van der Waals surface area contributed by atoms with Crippen LogP contribution in [0.25, 0.3) is 0 Å². The van der Waals surface area contributed by atoms with Gasteiger partial charge in [0.25, 0.3) is 0 Å². The fourth-order valence-corrected chi connectivity index (χ4v) is 2.32. The lowest BCUT2D eigenvalue weighted by Gasteiger charge is -2.29. The first-order valence-corrected chi connectivity index (χ1v) is 5.95. The van der Waals surface area contributed by atoms with E-state index >= 15 is 0 Å². The molecule has 2 rings (SSSR count). The second-order valence-electron chi connectivity index (χ2n) is 4.20. The van der Waals surface area contributed by atoms with Gasteiger partial charge in [0.05, 0.1) is 22.9 Å². The summed E-state index contributed by atoms with van der Waals surface area (Å²) in [7, 11) is 0. The van der Waals surface area contributed by atoms with E-state index in [0.29, 0.717) is 10.7 Å². The van der Waals surface area contributed by atoms with Crippen LogP contribution in [0.15, 0.2) is 18.2 Å². The maximum absolute atomic E-state index is 13.5. The molecular formula is C12H15ClFNO. The molecule has 0 heterocycles. The molecule has 1 fully saturated rings. The monoisotopic (exact) mass is 243 g/mol. The Labute approximate surface area is 99.4 Å². The molecule has 0 radical (unpaired) electrons. The lowest BCUT2D eigenvalue weighted by atomic mass is 9.92. The summed E-state index contributed by atoms with van der Waals surface area (Å²) in [5, 5.41) is 13.2. The van der Waals surface area contributed by atoms with Crippen LogP contribution in [0.3, 0.4) is 0 Å². The Morgan fingerprint density at radius 1 is 1.31 bits per heavy atom. The van der Waals surface area contributed by atoms with Crippen molar-refractivity contribution in [2.24, 2.45) is 0 Å². The van der Waals surface area contributed by atoms with Crippen molar-refractivity contribution in [3.05, 3.63) is 29.0 Å². The zero-order valence-electron chi connectivity index (χ0n) is 8.92. The quantitative estimate of drug-likeness (QED) is 0.836. The lowest BCUT2D eigenvalue weighted by molar-refractivity contribution is 0.116. The highest BCUT2D eigenvalue weighted by molar-refractivity contribution is 6.33. The van der Waals surface area contributed by atoms with Gasteiger partial charge < -0.3 is 10.4 Å². The fourth-order valence-electron chi connectivity index (χ4n) is 2.10. The Balaban J connectivity index is 2.13. The summed E-state index contributed by atoms with van der Waals surface area (Å²) in [4.78, 5) is 0. The van der Waals surface area contributed by atoms with Crippen molar-refractivity contribution < 1.29 is 9.50 Å². The van der Waals surface area contributed by atoms with Gasteiger partial charge in [0.1, 0.15) is 5.82 Å². The van der Waals surface area contributed by atoms with Crippen LogP contribution < -0.4 is 5.32 Å². The standard InChI is InChI=1S/C12H15ClFNO/c13-8-4-3-5-9(14)12(8)15-10-6-1-2-7-11(10)16/h3-5,10-11,15-16H,1-2,6-7H2/t10-,11-/m0/s1. The molecule has 1 aliphatic carbocycles. The van der Waals surface area contributed by atoms with Gasteiger partial charge in [-0.05, 0) is 25.0 Å². The summed E-state index contributed by atoms with van der Waals surface area (Å²) in [6, 6.07) is 4.48. The third-order valence-corrected chi connectivity index (χ3v) is 3.34. The van der Waals surface area contributed by atoms with Gasteiger partial charge in [-0.1, -0.05) is 30.5 Å². The Morgan fingerprint density at radius 3 is 2.75 bits per heavy atom. The molecule has 88 valence electrons. The summed E-state index contributed by atoms with van der Waals surface area (Å²) in [6.07, 6.45) is 3.30. The average molecular weight is 244 g/mol. The number of anilines is 1. The smallest absolute Gasteiger partial charge is 0.147 e. The Kier molecular flexibility index (Phi) is 3.66. The van der Waals surface area contributed by atoms with Crippen LogP contribution in [0.4, 0.5) is 10.1 Å². The van der Waals surface area contributed by atoms with Gasteiger partial charge in [0, 0.05) is 0 Å². The number of para-hydroxylation sites is 1. The minimum Gasteiger partial charge on any atom is -0.391 e. The molecule has 2 atom stereocenters. The van der Waals surface area contributed by atoms with Crippen LogP contribution in [0.1, 0.15) is 25.7 Å². The summed E-state index contributed by atoms with van der Waals surface area (Å²) in [5.41, 5.74) is 0.301. The van der Waals surface area contributed by atoms with Gasteiger partial charge in [0.2, 0.25) is 0 Å². The maximum Gasteiger partial charge on any atom is 0.147 e. The predicted octanol–water partition coefficient (Wildman–Crippen LogP) is 3.19. The molecule has 0 saturated heterocycles. The van der Waals surface area contributed by atoms with Crippen molar-refractivity contribution in [1.82, 2.24) is 0 Å². The molecule has 1 saturated carbocycles. The minimum atomic E-state index is -0.413. The Morgan fingerprint density at radius 2 is 2.06 bits per heavy atom. The van der Waals surface area contributed by atoms with Crippen molar-refractivity contribution in [1.29, 1.82) is 0 Å². The summed E-state index contributed by atoms with van der Waals surface area (Å²) >= 11 is 5.91. The number of aliphatic hydroxyl groups is 1. The number of benzene rings is 1. The zero-order valence-corrected chi connectivity index (χ0v) is 9.67. The zero-order chi connectivity index (χ0) is 11.5. The molecule has 1 aromatic rings. The summed E-state index contributed by atoms with van der Waals surface area (Å²) < 4.78 is 13.5. The van der Waals surface area contributed by atoms with Gasteiger partial charge in [-0.2, -0.15) is 0 Å². The number of rotatable bonds is 2. The van der Waals surface area contributed by atoms with E-state index in [-0.39, 0.29) is 11.9 Å². The molecule has 16 heavy (non-hydrogen) atoms. The van der Waals surface area contributed by atoms with Crippen LogP contribution in [-0.4, -0.2) is 17.3 Å². The molecule has 0 unspecified atom stereocenters. The van der Waals surface area contributed by atoms with E-state index in [9.17, 15) is 9.50 Å². The highest BCUT2D eigenvalue weighted by atomic mass is 35.5. The van der Waals surface area contributed by atoms with Crippen LogP contribution >= 0.6 is 11.6 Å². The first-order chi connectivity index (χ1) is 7.68. The molecular weight excluding hydrogens is 229 g/mol. The third kappa shape index (κ3) is 2.47. The van der Waals surface area contributed by atoms with Crippen molar-refractivity contribution >= 4 is 17.3 Å². The first-order valence-electron chi connectivity index (χ1n) is 5.57. The maximum atomic E-state index is 13.5. The van der Waals surface area contributed by atoms with E-state index in [4.69, 9.17) is 11.6 Å². The van der Waals surface area contributed by atoms with E-state index in [2.05, 4.69) is 5.32 Å². The average Bonchev–Trinajstić information content (AvgIpc) is 2.26. The van der Waals surface area contributed by atoms with Gasteiger partial charge in [-0.15, -0.1) is 0 Å². The number of nitrogens with one attached hydrogen (secondary N) is 1. The molecule has 0 amide bonds. The van der Waals surface area contributed by atoms with E-state index in [1.165, 1.54) is 6.07 Å². The highest BCUT2D eigenvalue weighted by Gasteiger charge is 2.24. The Bertz CT molecular complexity index is 352. The van der Waals surface area contributed by atoms with Gasteiger partial charge >= 0.3 is 0 Å². The van der Waals surface area contributed by atoms with Crippen molar-refractivity contribution in [2.45, 2.75) is 37.8 Å². The van der Waals surface area contributed by atoms with E-state index in [1.807, 2.05) is 0 Å². The highest BCUT2D eigenvalue weighted by Crippen LogP contribution is 2.28. The predicted molar refractivity (Wildman–Crippen MR) is 63.3 cm³/mol. The number of hydrogen-bond acceptors (Lipinski definition) is 2. The largest absolute Gasteiger partial charge is 0.391 e. The van der Waals surface area contributed by atoms with Gasteiger partial charge in [-0.3, -0.25) is 0 Å². The number of aliphatic hydroxyl groups excluding tert-OH is 1. The third-order valence-electron chi connectivity index (χ3n) is 3.02. The Hall–Kier alpha value is -0.800. The first kappa shape index (κ1) is 11.7. The van der Waals surface area contributed by atoms with E-state index in [0.717, 1.165) is 25.7 Å². The van der Waals surface area contributed by atoms with Crippen molar-refractivity contribution in [3.8, 4) is 0 Å². The summed E-state index contributed by atoms with van der Waals surface area (Å²) in [6.45, 7) is 0. The van der Waals surface area contributed by atoms with Crippen LogP contribution in [-0.2, 0) is 0 Å². The van der Waals surface area contributed by atoms with E-state index in [1.54, 1.807) is 12.1 Å². The van der Waals surface area contributed by atoms with Crippen LogP contribution in [0, 0.1) is 5.82 Å². The van der Waals surface area contributed by atoms with E-state index < -0.39 is 6.10 Å². The molecule has 0 bridgehead atoms. The molecule has 2 N–H and O–H groups in total. The molecule has 1 aliphatic rings. The minimum absolute atomic E-state index is 0.0943. The van der Waals surface area contributed by atoms with Crippen LogP contribution in [0.5, 0.6) is 0 Å². The SMILES string of the molecule is O[C@H]1CCCC[C@@H]1Nc1c(F)cccc1Cl. The second kappa shape index (κ2) is 5.02. The van der Waals surface area contributed by atoms with Crippen LogP contribution in [0.2, 0.25) is 5.02 Å². The molecule has 0 spiro atoms. The topological polar surface area (TPSA) is 32.3 Å². The molecule has 2 nitrogen and oxygen atoms in total. The summed E-state index contributed by atoms with van der Waals surface area (Å²) in [5.74, 6) is -0.370. The molecule has 0 aliphatic heterocycles. The van der Waals surface area contributed by atoms with Gasteiger partial charge in [-0.25, -0.2) is 4.39 Å². The number of hydrogen-bond donors (Lipinski definition) is 2. The lowest BCUT2D eigenvalue weighted by Crippen LogP contribution is -2.36. The molecule has 4 heteroatoms. The fraction of sp³-hybridized carbons (Fsp3) is 0.500. The van der Waals surface area contributed by atoms with Crippen molar-refractivity contribution in [2.75, 3.05) is 5.32 Å².